The van der Waals surface area contributed by atoms with Gasteiger partial charge in [-0.05, 0) is 32.4 Å². The first-order chi connectivity index (χ1) is 7.15. The highest BCUT2D eigenvalue weighted by molar-refractivity contribution is 5.97. The average Bonchev–Trinajstić information content (AvgIpc) is 2.61. The van der Waals surface area contributed by atoms with Crippen LogP contribution in [0.15, 0.2) is 21.8 Å². The molecule has 1 aromatic heterocycles. The van der Waals surface area contributed by atoms with E-state index in [9.17, 15) is 4.79 Å². The Morgan fingerprint density at radius 3 is 2.93 bits per heavy atom. The van der Waals surface area contributed by atoms with Crippen LogP contribution in [0.3, 0.4) is 0 Å². The molecule has 0 aliphatic carbocycles. The SMILES string of the molecule is CCOC(=O)NN=C(C)c1occc1C. The summed E-state index contributed by atoms with van der Waals surface area (Å²) in [6, 6.07) is 1.83. The van der Waals surface area contributed by atoms with Gasteiger partial charge < -0.3 is 9.15 Å². The first-order valence-corrected chi connectivity index (χ1v) is 4.66. The normalized spacial score (nSPS) is 11.3. The molecule has 0 atom stereocenters. The molecule has 0 radical (unpaired) electrons. The molecule has 0 aliphatic rings. The second-order valence-corrected chi connectivity index (χ2v) is 2.96. The number of furan rings is 1. The molecule has 1 heterocycles. The van der Waals surface area contributed by atoms with Crippen molar-refractivity contribution < 1.29 is 13.9 Å². The molecule has 0 saturated carbocycles. The fourth-order valence-corrected chi connectivity index (χ4v) is 1.09. The molecule has 0 spiro atoms. The molecule has 0 aromatic carbocycles. The lowest BCUT2D eigenvalue weighted by Gasteiger charge is -2.01. The molecule has 0 aliphatic heterocycles. The van der Waals surface area contributed by atoms with E-state index >= 15 is 0 Å². The maximum atomic E-state index is 10.9. The van der Waals surface area contributed by atoms with Gasteiger partial charge in [-0.1, -0.05) is 0 Å². The van der Waals surface area contributed by atoms with Crippen molar-refractivity contribution in [2.24, 2.45) is 5.10 Å². The topological polar surface area (TPSA) is 63.8 Å². The summed E-state index contributed by atoms with van der Waals surface area (Å²) in [5.41, 5.74) is 3.84. The number of nitrogens with one attached hydrogen (secondary N) is 1. The zero-order valence-corrected chi connectivity index (χ0v) is 9.03. The van der Waals surface area contributed by atoms with Crippen LogP contribution in [-0.4, -0.2) is 18.4 Å². The minimum absolute atomic E-state index is 0.320. The van der Waals surface area contributed by atoms with E-state index in [0.29, 0.717) is 18.1 Å². The standard InChI is InChI=1S/C10H14N2O3/c1-4-14-10(13)12-11-8(3)9-7(2)5-6-15-9/h5-6H,4H2,1-3H3,(H,12,13). The molecule has 1 aromatic rings. The summed E-state index contributed by atoms with van der Waals surface area (Å²) < 4.78 is 9.85. The number of carbonyl (C=O) groups excluding carboxylic acids is 1. The van der Waals surface area contributed by atoms with Crippen molar-refractivity contribution in [1.82, 2.24) is 5.43 Å². The molecule has 5 heteroatoms. The fraction of sp³-hybridized carbons (Fsp3) is 0.400. The molecule has 1 N–H and O–H groups in total. The summed E-state index contributed by atoms with van der Waals surface area (Å²) >= 11 is 0. The number of nitrogens with zero attached hydrogens (tertiary/aromatic N) is 1. The number of hydrazone groups is 1. The predicted octanol–water partition coefficient (Wildman–Crippen LogP) is 2.06. The van der Waals surface area contributed by atoms with Gasteiger partial charge in [0.1, 0.15) is 5.71 Å². The fourth-order valence-electron chi connectivity index (χ4n) is 1.09. The third-order valence-electron chi connectivity index (χ3n) is 1.78. The molecule has 15 heavy (non-hydrogen) atoms. The summed E-state index contributed by atoms with van der Waals surface area (Å²) in [4.78, 5) is 10.9. The Hall–Kier alpha value is -1.78. The largest absolute Gasteiger partial charge is 0.463 e. The Morgan fingerprint density at radius 1 is 1.67 bits per heavy atom. The molecular weight excluding hydrogens is 196 g/mol. The summed E-state index contributed by atoms with van der Waals surface area (Å²) in [5.74, 6) is 0.659. The highest BCUT2D eigenvalue weighted by atomic mass is 16.5. The van der Waals surface area contributed by atoms with Crippen molar-refractivity contribution in [2.75, 3.05) is 6.61 Å². The van der Waals surface area contributed by atoms with E-state index in [-0.39, 0.29) is 0 Å². The third kappa shape index (κ3) is 3.12. The highest BCUT2D eigenvalue weighted by Gasteiger charge is 2.06. The van der Waals surface area contributed by atoms with E-state index in [2.05, 4.69) is 15.3 Å². The van der Waals surface area contributed by atoms with E-state index in [0.717, 1.165) is 5.56 Å². The molecule has 82 valence electrons. The van der Waals surface area contributed by atoms with E-state index < -0.39 is 6.09 Å². The van der Waals surface area contributed by atoms with Crippen LogP contribution in [0.2, 0.25) is 0 Å². The Labute approximate surface area is 88.1 Å². The molecule has 0 saturated heterocycles. The van der Waals surface area contributed by atoms with Crippen molar-refractivity contribution in [3.05, 3.63) is 23.7 Å². The molecule has 1 rings (SSSR count). The lowest BCUT2D eigenvalue weighted by molar-refractivity contribution is 0.152. The van der Waals surface area contributed by atoms with Crippen LogP contribution >= 0.6 is 0 Å². The van der Waals surface area contributed by atoms with Gasteiger partial charge >= 0.3 is 6.09 Å². The number of aryl methyl sites for hydroxylation is 1. The van der Waals surface area contributed by atoms with Gasteiger partial charge in [-0.25, -0.2) is 10.2 Å². The first kappa shape index (κ1) is 11.3. The van der Waals surface area contributed by atoms with E-state index in [1.165, 1.54) is 0 Å². The summed E-state index contributed by atoms with van der Waals surface area (Å²) in [5, 5.41) is 3.84. The second-order valence-electron chi connectivity index (χ2n) is 2.96. The van der Waals surface area contributed by atoms with Gasteiger partial charge in [-0.2, -0.15) is 5.10 Å². The van der Waals surface area contributed by atoms with Gasteiger partial charge in [0, 0.05) is 0 Å². The van der Waals surface area contributed by atoms with Crippen LogP contribution in [0.5, 0.6) is 0 Å². The van der Waals surface area contributed by atoms with Crippen molar-refractivity contribution in [3.8, 4) is 0 Å². The van der Waals surface area contributed by atoms with Crippen molar-refractivity contribution in [1.29, 1.82) is 0 Å². The number of carbonyl (C=O) groups is 1. The predicted molar refractivity (Wildman–Crippen MR) is 55.8 cm³/mol. The molecule has 0 bridgehead atoms. The zero-order chi connectivity index (χ0) is 11.3. The maximum Gasteiger partial charge on any atom is 0.427 e. The number of ether oxygens (including phenoxy) is 1. The van der Waals surface area contributed by atoms with Gasteiger partial charge in [0.25, 0.3) is 0 Å². The van der Waals surface area contributed by atoms with Crippen molar-refractivity contribution >= 4 is 11.8 Å². The minimum atomic E-state index is -0.568. The Morgan fingerprint density at radius 2 is 2.40 bits per heavy atom. The lowest BCUT2D eigenvalue weighted by Crippen LogP contribution is -2.20. The molecular formula is C10H14N2O3. The molecule has 1 amide bonds. The molecule has 0 unspecified atom stereocenters. The number of hydrogen-bond acceptors (Lipinski definition) is 4. The van der Waals surface area contributed by atoms with Gasteiger partial charge in [0.05, 0.1) is 12.9 Å². The minimum Gasteiger partial charge on any atom is -0.463 e. The zero-order valence-electron chi connectivity index (χ0n) is 9.03. The van der Waals surface area contributed by atoms with Gasteiger partial charge in [-0.15, -0.1) is 0 Å². The summed E-state index contributed by atoms with van der Waals surface area (Å²) in [6.45, 7) is 5.70. The second kappa shape index (κ2) is 5.19. The van der Waals surface area contributed by atoms with Crippen LogP contribution in [0, 0.1) is 6.92 Å². The van der Waals surface area contributed by atoms with Crippen LogP contribution in [0.4, 0.5) is 4.79 Å². The number of amides is 1. The Kier molecular flexibility index (Phi) is 3.91. The van der Waals surface area contributed by atoms with Crippen LogP contribution in [0.1, 0.15) is 25.2 Å². The third-order valence-corrected chi connectivity index (χ3v) is 1.78. The van der Waals surface area contributed by atoms with Gasteiger partial charge in [-0.3, -0.25) is 0 Å². The smallest absolute Gasteiger partial charge is 0.427 e. The van der Waals surface area contributed by atoms with Crippen LogP contribution < -0.4 is 5.43 Å². The van der Waals surface area contributed by atoms with Crippen molar-refractivity contribution in [3.63, 3.8) is 0 Å². The lowest BCUT2D eigenvalue weighted by atomic mass is 10.2. The quantitative estimate of drug-likeness (QED) is 0.613. The monoisotopic (exact) mass is 210 g/mol. The van der Waals surface area contributed by atoms with Crippen LogP contribution in [0.25, 0.3) is 0 Å². The van der Waals surface area contributed by atoms with Crippen LogP contribution in [-0.2, 0) is 4.74 Å². The summed E-state index contributed by atoms with van der Waals surface area (Å²) in [7, 11) is 0. The van der Waals surface area contributed by atoms with E-state index in [4.69, 9.17) is 4.42 Å². The van der Waals surface area contributed by atoms with Gasteiger partial charge in [0.15, 0.2) is 5.76 Å². The first-order valence-electron chi connectivity index (χ1n) is 4.66. The van der Waals surface area contributed by atoms with E-state index in [1.54, 1.807) is 20.1 Å². The molecule has 5 nitrogen and oxygen atoms in total. The molecule has 0 fully saturated rings. The average molecular weight is 210 g/mol. The van der Waals surface area contributed by atoms with E-state index in [1.807, 2.05) is 13.0 Å². The number of hydrogen-bond donors (Lipinski definition) is 1. The van der Waals surface area contributed by atoms with Crippen molar-refractivity contribution in [2.45, 2.75) is 20.8 Å². The maximum absolute atomic E-state index is 10.9. The number of rotatable bonds is 3. The summed E-state index contributed by atoms with van der Waals surface area (Å²) in [6.07, 6.45) is 1.01. The van der Waals surface area contributed by atoms with Gasteiger partial charge in [0.2, 0.25) is 0 Å². The Bertz CT molecular complexity index is 368. The Balaban J connectivity index is 2.61. The highest BCUT2D eigenvalue weighted by Crippen LogP contribution is 2.09.